The van der Waals surface area contributed by atoms with Crippen LogP contribution in [0.4, 0.5) is 0 Å². The zero-order valence-corrected chi connectivity index (χ0v) is 40.4. The molecule has 4 aromatic carbocycles. The van der Waals surface area contributed by atoms with Gasteiger partial charge in [0.05, 0.1) is 0 Å². The summed E-state index contributed by atoms with van der Waals surface area (Å²) in [6, 6.07) is 22.1. The summed E-state index contributed by atoms with van der Waals surface area (Å²) in [7, 11) is 18.0. The van der Waals surface area contributed by atoms with Crippen molar-refractivity contribution < 1.29 is 25.8 Å². The first kappa shape index (κ1) is 44.4. The van der Waals surface area contributed by atoms with Crippen LogP contribution in [0.5, 0.6) is 0 Å². The van der Waals surface area contributed by atoms with Gasteiger partial charge in [-0.1, -0.05) is 0 Å². The van der Waals surface area contributed by atoms with E-state index in [4.69, 9.17) is 17.0 Å². The first-order chi connectivity index (χ1) is 27.6. The predicted octanol–water partition coefficient (Wildman–Crippen LogP) is 13.9. The number of hydrogen-bond acceptors (Lipinski definition) is 2. The van der Waals surface area contributed by atoms with E-state index in [1.165, 1.54) is 55.7 Å². The van der Waals surface area contributed by atoms with Crippen molar-refractivity contribution in [1.29, 1.82) is 0 Å². The number of rotatable bonds is 15. The second-order valence-electron chi connectivity index (χ2n) is 17.0. The monoisotopic (exact) mass is 893 g/mol. The average Bonchev–Trinajstić information content (AvgIpc) is 3.80. The molecular formula is C50H62BCl2N2O2Zr. The number of benzene rings is 4. The van der Waals surface area contributed by atoms with Crippen molar-refractivity contribution >= 4 is 45.5 Å². The predicted molar refractivity (Wildman–Crippen MR) is 247 cm³/mol. The van der Waals surface area contributed by atoms with Crippen molar-refractivity contribution in [2.45, 2.75) is 128 Å². The van der Waals surface area contributed by atoms with Crippen molar-refractivity contribution in [2.75, 3.05) is 0 Å². The van der Waals surface area contributed by atoms with Gasteiger partial charge in [0.15, 0.2) is 0 Å². The third kappa shape index (κ3) is 7.81. The molecule has 0 spiro atoms. The van der Waals surface area contributed by atoms with Crippen LogP contribution < -0.4 is 10.5 Å². The van der Waals surface area contributed by atoms with Crippen molar-refractivity contribution in [1.82, 2.24) is 10.5 Å². The van der Waals surface area contributed by atoms with E-state index in [0.29, 0.717) is 0 Å². The summed E-state index contributed by atoms with van der Waals surface area (Å²) in [5.41, 5.74) is 19.2. The van der Waals surface area contributed by atoms with Crippen LogP contribution in [0, 0.1) is 41.5 Å². The fourth-order valence-electron chi connectivity index (χ4n) is 9.73. The van der Waals surface area contributed by atoms with E-state index >= 15 is 0 Å². The van der Waals surface area contributed by atoms with Crippen LogP contribution in [-0.4, -0.2) is 16.3 Å². The average molecular weight is 896 g/mol. The van der Waals surface area contributed by atoms with Crippen LogP contribution in [-0.2, 0) is 25.8 Å². The van der Waals surface area contributed by atoms with Crippen molar-refractivity contribution in [2.24, 2.45) is 0 Å². The quantitative estimate of drug-likeness (QED) is 0.117. The molecule has 58 heavy (non-hydrogen) atoms. The molecule has 2 unspecified atom stereocenters. The van der Waals surface area contributed by atoms with E-state index in [2.05, 4.69) is 139 Å². The molecule has 4 nitrogen and oxygen atoms in total. The molecule has 305 valence electrons. The molecule has 2 amide bonds. The molecule has 6 rings (SSSR count). The Bertz CT molecular complexity index is 2170. The maximum absolute atomic E-state index is 13.8. The number of carbonyl (C=O) groups excluding carboxylic acids is 2. The van der Waals surface area contributed by atoms with Gasteiger partial charge in [-0.3, -0.25) is 0 Å². The van der Waals surface area contributed by atoms with Crippen LogP contribution in [0.3, 0.4) is 0 Å². The van der Waals surface area contributed by atoms with Crippen LogP contribution in [0.1, 0.15) is 142 Å². The second kappa shape index (κ2) is 17.8. The van der Waals surface area contributed by atoms with Gasteiger partial charge in [-0.15, -0.1) is 0 Å². The summed E-state index contributed by atoms with van der Waals surface area (Å²) in [6.45, 7) is 21.3. The molecule has 2 N–H and O–H groups in total. The van der Waals surface area contributed by atoms with Gasteiger partial charge in [0.2, 0.25) is 0 Å². The topological polar surface area (TPSA) is 58.2 Å². The third-order valence-corrected chi connectivity index (χ3v) is 33.5. The fourth-order valence-corrected chi connectivity index (χ4v) is 30.5. The maximum atomic E-state index is 13.8. The Labute approximate surface area is 356 Å². The van der Waals surface area contributed by atoms with E-state index in [1.807, 2.05) is 13.8 Å². The summed E-state index contributed by atoms with van der Waals surface area (Å²) in [6.07, 6.45) is 10.8. The number of nitrogens with one attached hydrogen (secondary N) is 2. The Morgan fingerprint density at radius 2 is 0.966 bits per heavy atom. The molecule has 2 atom stereocenters. The summed E-state index contributed by atoms with van der Waals surface area (Å²) >= 11 is -6.03. The van der Waals surface area contributed by atoms with Crippen molar-refractivity contribution in [3.63, 3.8) is 0 Å². The molecule has 2 aliphatic rings. The Hall–Kier alpha value is -3.17. The number of carbonyl (C=O) groups is 2. The van der Waals surface area contributed by atoms with Gasteiger partial charge in [-0.25, -0.2) is 0 Å². The fraction of sp³-hybridized carbons (Fsp3) is 0.400. The molecule has 0 aromatic heterocycles. The van der Waals surface area contributed by atoms with E-state index in [9.17, 15) is 9.59 Å². The summed E-state index contributed by atoms with van der Waals surface area (Å²) in [5, 5.41) is 6.65. The Balaban J connectivity index is 1.72. The molecule has 0 bridgehead atoms. The molecule has 0 heterocycles. The zero-order valence-electron chi connectivity index (χ0n) is 36.4. The van der Waals surface area contributed by atoms with E-state index in [1.54, 1.807) is 0 Å². The molecule has 4 aromatic rings. The van der Waals surface area contributed by atoms with Gasteiger partial charge in [0.1, 0.15) is 0 Å². The van der Waals surface area contributed by atoms with Crippen LogP contribution in [0.25, 0.3) is 34.4 Å². The Morgan fingerprint density at radius 3 is 1.33 bits per heavy atom. The van der Waals surface area contributed by atoms with Gasteiger partial charge < -0.3 is 0 Å². The molecule has 0 radical (unpaired) electrons. The van der Waals surface area contributed by atoms with Crippen LogP contribution in [0.15, 0.2) is 71.8 Å². The van der Waals surface area contributed by atoms with Gasteiger partial charge >= 0.3 is 359 Å². The molecule has 2 aliphatic carbocycles. The first-order valence-electron chi connectivity index (χ1n) is 21.6. The molecular weight excluding hydrogens is 834 g/mol. The normalized spacial score (nSPS) is 16.5. The van der Waals surface area contributed by atoms with E-state index in [0.717, 1.165) is 71.9 Å². The van der Waals surface area contributed by atoms with E-state index in [-0.39, 0.29) is 31.9 Å². The number of amides is 2. The number of halogens is 2. The molecule has 0 saturated heterocycles. The molecule has 0 fully saturated rings. The molecule has 0 aliphatic heterocycles. The first-order valence-corrected chi connectivity index (χ1v) is 32.2. The summed E-state index contributed by atoms with van der Waals surface area (Å²) in [5.74, 6) is -0.367. The Morgan fingerprint density at radius 1 is 0.569 bits per heavy atom. The SMILES string of the molecule is CCCCC1=Cc2c(-c3ccc(C)c(C)c3C)cccc2[CH]1[Zr]([Cl])([Cl])([B](NC(=O)CC)NC(=O)CC)[CH]1C(CCCC)=Cc2c(-c3ccc(C)c(C)c3C)cccc21. The third-order valence-electron chi connectivity index (χ3n) is 13.5. The van der Waals surface area contributed by atoms with Crippen molar-refractivity contribution in [3.05, 3.63) is 127 Å². The van der Waals surface area contributed by atoms with Gasteiger partial charge in [-0.05, 0) is 0 Å². The standard InChI is InChI=1S/2C22H25.C6H11BN2O2.2ClH.Zr/c2*1-5-6-8-18-13-19-9-7-10-21(22(19)14-18)20-12-11-15(2)16(3)17(20)4;1-3-5(10)8-7-9-6(11)4-2;;;/h2*7,9-14H,5-6,8H2,1-4H3;3-4H2,1-2H3,(H-,8,9,10,11);2*1H;/q;;;;;+1/p-1. The number of aryl methyl sites for hydroxylation is 2. The van der Waals surface area contributed by atoms with Gasteiger partial charge in [-0.2, -0.15) is 0 Å². The van der Waals surface area contributed by atoms with E-state index < -0.39 is 20.7 Å². The van der Waals surface area contributed by atoms with Crippen LogP contribution in [0.2, 0.25) is 0 Å². The minimum atomic E-state index is -6.03. The zero-order chi connectivity index (χ0) is 42.1. The minimum absolute atomic E-state index is 0.184. The Kier molecular flexibility index (Phi) is 13.6. The van der Waals surface area contributed by atoms with Gasteiger partial charge in [0, 0.05) is 0 Å². The number of unbranched alkanes of at least 4 members (excludes halogenated alkanes) is 2. The summed E-state index contributed by atoms with van der Waals surface area (Å²) < 4.78 is -1.71. The van der Waals surface area contributed by atoms with Crippen LogP contribution >= 0.6 is 17.0 Å². The molecule has 8 heteroatoms. The number of fused-ring (bicyclic) bond motifs is 2. The number of hydrogen-bond donors (Lipinski definition) is 2. The van der Waals surface area contributed by atoms with Gasteiger partial charge in [0.25, 0.3) is 0 Å². The number of allylic oxidation sites excluding steroid dienone is 2. The second-order valence-corrected chi connectivity index (χ2v) is 38.4. The summed E-state index contributed by atoms with van der Waals surface area (Å²) in [4.78, 5) is 27.6. The molecule has 0 saturated carbocycles. The van der Waals surface area contributed by atoms with Crippen molar-refractivity contribution in [3.8, 4) is 22.3 Å².